The van der Waals surface area contributed by atoms with E-state index in [1.165, 1.54) is 11.3 Å². The second kappa shape index (κ2) is 6.59. The predicted octanol–water partition coefficient (Wildman–Crippen LogP) is 3.73. The van der Waals surface area contributed by atoms with Gasteiger partial charge >= 0.3 is 6.18 Å². The molecule has 0 saturated carbocycles. The Morgan fingerprint density at radius 3 is 2.74 bits per heavy atom. The van der Waals surface area contributed by atoms with E-state index in [1.54, 1.807) is 6.20 Å². The van der Waals surface area contributed by atoms with Crippen LogP contribution in [-0.2, 0) is 12.6 Å². The summed E-state index contributed by atoms with van der Waals surface area (Å²) < 4.78 is 37.4. The van der Waals surface area contributed by atoms with Crippen molar-refractivity contribution < 1.29 is 13.2 Å². The van der Waals surface area contributed by atoms with Crippen LogP contribution in [0.1, 0.15) is 10.7 Å². The fraction of sp³-hybridized carbons (Fsp3) is 0.231. The smallest absolute Gasteiger partial charge is 0.360 e. The van der Waals surface area contributed by atoms with E-state index >= 15 is 0 Å². The Bertz CT molecular complexity index is 769. The summed E-state index contributed by atoms with van der Waals surface area (Å²) in [6.07, 6.45) is -2.33. The first kappa shape index (κ1) is 15.8. The molecule has 5 nitrogen and oxygen atoms in total. The molecule has 1 N–H and O–H groups in total. The molecule has 0 spiro atoms. The van der Waals surface area contributed by atoms with Gasteiger partial charge in [-0.15, -0.1) is 21.5 Å². The van der Waals surface area contributed by atoms with Crippen molar-refractivity contribution in [3.8, 4) is 10.7 Å². The SMILES string of the molecule is FC(F)(F)c1csc(CCNc2nnc(-c3ccccn3)s2)n1. The van der Waals surface area contributed by atoms with Gasteiger partial charge in [-0.3, -0.25) is 4.98 Å². The summed E-state index contributed by atoms with van der Waals surface area (Å²) in [6.45, 7) is 0.432. The third kappa shape index (κ3) is 4.02. The zero-order chi connectivity index (χ0) is 16.3. The zero-order valence-corrected chi connectivity index (χ0v) is 13.2. The summed E-state index contributed by atoms with van der Waals surface area (Å²) in [5, 5.41) is 13.8. The third-order valence-corrected chi connectivity index (χ3v) is 4.58. The number of nitrogens with one attached hydrogen (secondary N) is 1. The number of hydrogen-bond acceptors (Lipinski definition) is 7. The highest BCUT2D eigenvalue weighted by Crippen LogP contribution is 2.30. The Labute approximate surface area is 137 Å². The van der Waals surface area contributed by atoms with Gasteiger partial charge in [-0.25, -0.2) is 4.98 Å². The van der Waals surface area contributed by atoms with Crippen LogP contribution in [0.4, 0.5) is 18.3 Å². The molecule has 3 rings (SSSR count). The standard InChI is InChI=1S/C13H10F3N5S2/c14-13(15,16)9-7-22-10(19-9)4-6-18-12-21-20-11(23-12)8-3-1-2-5-17-8/h1-3,5,7H,4,6H2,(H,18,21). The largest absolute Gasteiger partial charge is 0.434 e. The van der Waals surface area contributed by atoms with Crippen LogP contribution in [0.25, 0.3) is 10.7 Å². The van der Waals surface area contributed by atoms with Gasteiger partial charge in [-0.2, -0.15) is 13.2 Å². The summed E-state index contributed by atoms with van der Waals surface area (Å²) >= 11 is 2.34. The van der Waals surface area contributed by atoms with Crippen LogP contribution >= 0.6 is 22.7 Å². The van der Waals surface area contributed by atoms with Gasteiger partial charge in [0.1, 0.15) is 5.69 Å². The lowest BCUT2D eigenvalue weighted by Gasteiger charge is -2.01. The molecule has 3 aromatic rings. The van der Waals surface area contributed by atoms with E-state index in [0.29, 0.717) is 28.1 Å². The van der Waals surface area contributed by atoms with Gasteiger partial charge in [0.2, 0.25) is 5.13 Å². The minimum Gasteiger partial charge on any atom is -0.360 e. The van der Waals surface area contributed by atoms with Gasteiger partial charge in [-0.1, -0.05) is 17.4 Å². The molecule has 0 aromatic carbocycles. The lowest BCUT2D eigenvalue weighted by molar-refractivity contribution is -0.140. The Balaban J connectivity index is 1.55. The monoisotopic (exact) mass is 357 g/mol. The number of halogens is 3. The second-order valence-corrected chi connectivity index (χ2v) is 6.35. The van der Waals surface area contributed by atoms with E-state index in [4.69, 9.17) is 0 Å². The van der Waals surface area contributed by atoms with Crippen molar-refractivity contribution in [2.24, 2.45) is 0 Å². The first-order valence-corrected chi connectivity index (χ1v) is 8.22. The molecule has 3 aromatic heterocycles. The van der Waals surface area contributed by atoms with E-state index in [1.807, 2.05) is 18.2 Å². The molecule has 0 unspecified atom stereocenters. The van der Waals surface area contributed by atoms with E-state index in [0.717, 1.165) is 22.4 Å². The molecule has 23 heavy (non-hydrogen) atoms. The van der Waals surface area contributed by atoms with E-state index in [2.05, 4.69) is 25.5 Å². The summed E-state index contributed by atoms with van der Waals surface area (Å²) in [5.41, 5.74) is -0.112. The lowest BCUT2D eigenvalue weighted by Crippen LogP contribution is -2.07. The number of aromatic nitrogens is 4. The molecule has 0 aliphatic carbocycles. The molecular formula is C13H10F3N5S2. The summed E-state index contributed by atoms with van der Waals surface area (Å²) in [7, 11) is 0. The van der Waals surface area contributed by atoms with Crippen LogP contribution in [0.3, 0.4) is 0 Å². The number of alkyl halides is 3. The molecule has 0 fully saturated rings. The zero-order valence-electron chi connectivity index (χ0n) is 11.5. The van der Waals surface area contributed by atoms with E-state index in [-0.39, 0.29) is 0 Å². The van der Waals surface area contributed by atoms with Gasteiger partial charge in [-0.05, 0) is 12.1 Å². The molecule has 0 aliphatic rings. The summed E-state index contributed by atoms with van der Waals surface area (Å²) in [5.74, 6) is 0. The van der Waals surface area contributed by atoms with Crippen LogP contribution in [0.15, 0.2) is 29.8 Å². The van der Waals surface area contributed by atoms with Crippen molar-refractivity contribution >= 4 is 27.8 Å². The topological polar surface area (TPSA) is 63.6 Å². The van der Waals surface area contributed by atoms with Crippen LogP contribution in [0.5, 0.6) is 0 Å². The third-order valence-electron chi connectivity index (χ3n) is 2.77. The Hall–Kier alpha value is -2.07. The predicted molar refractivity (Wildman–Crippen MR) is 82.4 cm³/mol. The van der Waals surface area contributed by atoms with Crippen molar-refractivity contribution in [2.75, 3.05) is 11.9 Å². The second-order valence-electron chi connectivity index (χ2n) is 4.43. The van der Waals surface area contributed by atoms with Crippen LogP contribution < -0.4 is 5.32 Å². The number of rotatable bonds is 5. The molecule has 0 atom stereocenters. The molecule has 0 bridgehead atoms. The number of thiazole rings is 1. The van der Waals surface area contributed by atoms with Gasteiger partial charge in [0.25, 0.3) is 0 Å². The Morgan fingerprint density at radius 2 is 2.04 bits per heavy atom. The van der Waals surface area contributed by atoms with Gasteiger partial charge in [0, 0.05) is 24.5 Å². The highest BCUT2D eigenvalue weighted by atomic mass is 32.1. The maximum atomic E-state index is 12.5. The van der Waals surface area contributed by atoms with Crippen molar-refractivity contribution in [3.05, 3.63) is 40.5 Å². The molecule has 0 aliphatic heterocycles. The maximum absolute atomic E-state index is 12.5. The lowest BCUT2D eigenvalue weighted by atomic mass is 10.4. The molecule has 120 valence electrons. The van der Waals surface area contributed by atoms with Crippen molar-refractivity contribution in [1.29, 1.82) is 0 Å². The Morgan fingerprint density at radius 1 is 1.17 bits per heavy atom. The van der Waals surface area contributed by atoms with Gasteiger partial charge < -0.3 is 5.32 Å². The molecule has 10 heteroatoms. The fourth-order valence-corrected chi connectivity index (χ4v) is 3.27. The minimum atomic E-state index is -4.39. The molecule has 3 heterocycles. The van der Waals surface area contributed by atoms with E-state index < -0.39 is 11.9 Å². The van der Waals surface area contributed by atoms with Crippen LogP contribution in [0.2, 0.25) is 0 Å². The summed E-state index contributed by atoms with van der Waals surface area (Å²) in [6, 6.07) is 5.50. The number of hydrogen-bond donors (Lipinski definition) is 1. The van der Waals surface area contributed by atoms with Crippen molar-refractivity contribution in [1.82, 2.24) is 20.2 Å². The highest BCUT2D eigenvalue weighted by Gasteiger charge is 2.33. The summed E-state index contributed by atoms with van der Waals surface area (Å²) in [4.78, 5) is 7.76. The minimum absolute atomic E-state index is 0.388. The fourth-order valence-electron chi connectivity index (χ4n) is 1.72. The molecule has 0 radical (unpaired) electrons. The number of pyridine rings is 1. The first-order chi connectivity index (χ1) is 11.0. The molecule has 0 amide bonds. The van der Waals surface area contributed by atoms with E-state index in [9.17, 15) is 13.2 Å². The van der Waals surface area contributed by atoms with Crippen molar-refractivity contribution in [2.45, 2.75) is 12.6 Å². The quantitative estimate of drug-likeness (QED) is 0.754. The number of anilines is 1. The normalized spacial score (nSPS) is 11.6. The average molecular weight is 357 g/mol. The highest BCUT2D eigenvalue weighted by molar-refractivity contribution is 7.18. The first-order valence-electron chi connectivity index (χ1n) is 6.53. The maximum Gasteiger partial charge on any atom is 0.434 e. The average Bonchev–Trinajstić information content (AvgIpc) is 3.17. The number of nitrogens with zero attached hydrogens (tertiary/aromatic N) is 4. The van der Waals surface area contributed by atoms with Crippen molar-refractivity contribution in [3.63, 3.8) is 0 Å². The van der Waals surface area contributed by atoms with Crippen LogP contribution in [-0.4, -0.2) is 26.7 Å². The van der Waals surface area contributed by atoms with Gasteiger partial charge in [0.15, 0.2) is 10.7 Å². The van der Waals surface area contributed by atoms with Crippen LogP contribution in [0, 0.1) is 0 Å². The molecular weight excluding hydrogens is 347 g/mol. The Kier molecular flexibility index (Phi) is 4.53. The molecule has 0 saturated heterocycles. The van der Waals surface area contributed by atoms with Gasteiger partial charge in [0.05, 0.1) is 5.01 Å².